The third-order valence-corrected chi connectivity index (χ3v) is 4.50. The van der Waals surface area contributed by atoms with E-state index in [4.69, 9.17) is 11.6 Å². The number of oxime groups is 1. The molecule has 0 saturated carbocycles. The van der Waals surface area contributed by atoms with Crippen LogP contribution in [0, 0.1) is 19.7 Å². The summed E-state index contributed by atoms with van der Waals surface area (Å²) in [6.45, 7) is 3.78. The summed E-state index contributed by atoms with van der Waals surface area (Å²) in [6.07, 6.45) is 0. The second-order valence-electron chi connectivity index (χ2n) is 6.04. The predicted molar refractivity (Wildman–Crippen MR) is 104 cm³/mol. The average Bonchev–Trinajstić information content (AvgIpc) is 2.61. The topological polar surface area (TPSA) is 44.6 Å². The van der Waals surface area contributed by atoms with Crippen molar-refractivity contribution in [3.8, 4) is 0 Å². The van der Waals surface area contributed by atoms with E-state index in [0.717, 1.165) is 28.1 Å². The highest BCUT2D eigenvalue weighted by atomic mass is 35.5. The Morgan fingerprint density at radius 2 is 1.73 bits per heavy atom. The number of hydrogen-bond donors (Lipinski definition) is 2. The van der Waals surface area contributed by atoms with Crippen LogP contribution in [-0.4, -0.2) is 10.9 Å². The van der Waals surface area contributed by atoms with Crippen LogP contribution in [0.2, 0.25) is 5.02 Å². The molecule has 3 aromatic rings. The normalized spacial score (nSPS) is 11.5. The van der Waals surface area contributed by atoms with Crippen LogP contribution in [0.5, 0.6) is 0 Å². The minimum absolute atomic E-state index is 0.275. The Balaban J connectivity index is 1.93. The number of anilines is 2. The summed E-state index contributed by atoms with van der Waals surface area (Å²) < 4.78 is 13.2. The zero-order valence-corrected chi connectivity index (χ0v) is 15.2. The maximum atomic E-state index is 13.2. The number of benzene rings is 3. The highest BCUT2D eigenvalue weighted by molar-refractivity contribution is 6.35. The lowest BCUT2D eigenvalue weighted by Gasteiger charge is -2.13. The number of hydrogen-bond acceptors (Lipinski definition) is 3. The van der Waals surface area contributed by atoms with Gasteiger partial charge in [-0.3, -0.25) is 0 Å². The lowest BCUT2D eigenvalue weighted by Crippen LogP contribution is -2.06. The minimum Gasteiger partial charge on any atom is -0.410 e. The van der Waals surface area contributed by atoms with Gasteiger partial charge in [0.1, 0.15) is 11.5 Å². The molecule has 132 valence electrons. The van der Waals surface area contributed by atoms with E-state index in [1.807, 2.05) is 44.2 Å². The first kappa shape index (κ1) is 18.0. The molecule has 0 atom stereocenters. The van der Waals surface area contributed by atoms with Gasteiger partial charge in [-0.2, -0.15) is 0 Å². The van der Waals surface area contributed by atoms with Crippen LogP contribution in [0.15, 0.2) is 65.8 Å². The first-order valence-electron chi connectivity index (χ1n) is 8.10. The van der Waals surface area contributed by atoms with Gasteiger partial charge in [-0.05, 0) is 61.4 Å². The molecule has 0 aliphatic rings. The lowest BCUT2D eigenvalue weighted by molar-refractivity contribution is 0.319. The quantitative estimate of drug-likeness (QED) is 0.333. The van der Waals surface area contributed by atoms with Gasteiger partial charge in [-0.15, -0.1) is 0 Å². The van der Waals surface area contributed by atoms with Crippen LogP contribution < -0.4 is 5.32 Å². The summed E-state index contributed by atoms with van der Waals surface area (Å²) in [5.74, 6) is -0.275. The zero-order valence-electron chi connectivity index (χ0n) is 14.4. The van der Waals surface area contributed by atoms with Gasteiger partial charge >= 0.3 is 0 Å². The molecule has 0 radical (unpaired) electrons. The second-order valence-corrected chi connectivity index (χ2v) is 6.45. The Labute approximate surface area is 156 Å². The standard InChI is InChI=1S/C21H18ClFN2O/c1-13-5-3-4-6-17(13)21(25-26)18-9-8-16(12-19(18)22)24-20-10-7-15(23)11-14(20)2/h3-12,24,26H,1-2H3/b25-21-. The maximum Gasteiger partial charge on any atom is 0.123 e. The molecule has 0 aromatic heterocycles. The highest BCUT2D eigenvalue weighted by Gasteiger charge is 2.14. The van der Waals surface area contributed by atoms with Crippen molar-refractivity contribution in [2.45, 2.75) is 13.8 Å². The largest absolute Gasteiger partial charge is 0.410 e. The van der Waals surface area contributed by atoms with Gasteiger partial charge in [0.15, 0.2) is 0 Å². The SMILES string of the molecule is Cc1cc(F)ccc1Nc1ccc(/C(=N\O)c2ccccc2C)c(Cl)c1. The summed E-state index contributed by atoms with van der Waals surface area (Å²) in [6, 6.07) is 17.6. The molecule has 26 heavy (non-hydrogen) atoms. The van der Waals surface area contributed by atoms with Crippen LogP contribution in [-0.2, 0) is 0 Å². The summed E-state index contributed by atoms with van der Waals surface area (Å²) >= 11 is 6.44. The van der Waals surface area contributed by atoms with Gasteiger partial charge < -0.3 is 10.5 Å². The van der Waals surface area contributed by atoms with Crippen molar-refractivity contribution in [2.75, 3.05) is 5.32 Å². The van der Waals surface area contributed by atoms with Crippen molar-refractivity contribution in [3.63, 3.8) is 0 Å². The Bertz CT molecular complexity index is 985. The van der Waals surface area contributed by atoms with E-state index >= 15 is 0 Å². The van der Waals surface area contributed by atoms with Crippen molar-refractivity contribution in [3.05, 3.63) is 93.8 Å². The summed E-state index contributed by atoms with van der Waals surface area (Å²) in [5.41, 5.74) is 5.19. The van der Waals surface area contributed by atoms with E-state index in [1.54, 1.807) is 18.2 Å². The number of halogens is 2. The molecule has 2 N–H and O–H groups in total. The van der Waals surface area contributed by atoms with E-state index in [1.165, 1.54) is 12.1 Å². The number of nitrogens with zero attached hydrogens (tertiary/aromatic N) is 1. The fourth-order valence-electron chi connectivity index (χ4n) is 2.80. The summed E-state index contributed by atoms with van der Waals surface area (Å²) in [5, 5.41) is 16.7. The van der Waals surface area contributed by atoms with Crippen molar-refractivity contribution in [2.24, 2.45) is 5.16 Å². The third kappa shape index (κ3) is 3.70. The molecule has 3 rings (SSSR count). The monoisotopic (exact) mass is 368 g/mol. The molecule has 0 unspecified atom stereocenters. The Kier molecular flexibility index (Phi) is 5.24. The fraction of sp³-hybridized carbons (Fsp3) is 0.0952. The van der Waals surface area contributed by atoms with Gasteiger partial charge in [0.05, 0.1) is 5.02 Å². The van der Waals surface area contributed by atoms with Crippen LogP contribution >= 0.6 is 11.6 Å². The summed E-state index contributed by atoms with van der Waals surface area (Å²) in [4.78, 5) is 0. The van der Waals surface area contributed by atoms with E-state index in [2.05, 4.69) is 10.5 Å². The molecule has 0 bridgehead atoms. The second kappa shape index (κ2) is 7.58. The zero-order chi connectivity index (χ0) is 18.7. The Morgan fingerprint density at radius 3 is 2.38 bits per heavy atom. The molecule has 0 aliphatic heterocycles. The molecule has 3 aromatic carbocycles. The van der Waals surface area contributed by atoms with Crippen molar-refractivity contribution >= 4 is 28.7 Å². The van der Waals surface area contributed by atoms with Gasteiger partial charge in [0.2, 0.25) is 0 Å². The number of aryl methyl sites for hydroxylation is 2. The van der Waals surface area contributed by atoms with E-state index in [0.29, 0.717) is 16.3 Å². The molecule has 0 saturated heterocycles. The molecule has 0 spiro atoms. The maximum absolute atomic E-state index is 13.2. The Morgan fingerprint density at radius 1 is 0.962 bits per heavy atom. The number of nitrogens with one attached hydrogen (secondary N) is 1. The third-order valence-electron chi connectivity index (χ3n) is 4.19. The molecule has 0 aliphatic carbocycles. The van der Waals surface area contributed by atoms with Crippen molar-refractivity contribution in [1.29, 1.82) is 0 Å². The molecule has 3 nitrogen and oxygen atoms in total. The predicted octanol–water partition coefficient (Wildman–Crippen LogP) is 6.07. The first-order chi connectivity index (χ1) is 12.5. The van der Waals surface area contributed by atoms with E-state index < -0.39 is 0 Å². The number of rotatable bonds is 4. The molecule has 0 amide bonds. The molecular weight excluding hydrogens is 351 g/mol. The van der Waals surface area contributed by atoms with E-state index in [9.17, 15) is 9.60 Å². The van der Waals surface area contributed by atoms with Crippen molar-refractivity contribution < 1.29 is 9.60 Å². The van der Waals surface area contributed by atoms with E-state index in [-0.39, 0.29) is 5.82 Å². The van der Waals surface area contributed by atoms with Gasteiger partial charge in [0, 0.05) is 22.5 Å². The van der Waals surface area contributed by atoms with Gasteiger partial charge in [0.25, 0.3) is 0 Å². The highest BCUT2D eigenvalue weighted by Crippen LogP contribution is 2.28. The van der Waals surface area contributed by atoms with Crippen molar-refractivity contribution in [1.82, 2.24) is 0 Å². The molecule has 0 fully saturated rings. The molecule has 0 heterocycles. The fourth-order valence-corrected chi connectivity index (χ4v) is 3.07. The van der Waals surface area contributed by atoms with Gasteiger partial charge in [-0.25, -0.2) is 4.39 Å². The van der Waals surface area contributed by atoms with Crippen LogP contribution in [0.3, 0.4) is 0 Å². The smallest absolute Gasteiger partial charge is 0.123 e. The van der Waals surface area contributed by atoms with Gasteiger partial charge in [-0.1, -0.05) is 41.0 Å². The molecule has 5 heteroatoms. The molecular formula is C21H18ClFN2O. The minimum atomic E-state index is -0.275. The van der Waals surface area contributed by atoms with Crippen LogP contribution in [0.4, 0.5) is 15.8 Å². The Hall–Kier alpha value is -2.85. The average molecular weight is 369 g/mol. The summed E-state index contributed by atoms with van der Waals surface area (Å²) in [7, 11) is 0. The lowest BCUT2D eigenvalue weighted by atomic mass is 9.98. The first-order valence-corrected chi connectivity index (χ1v) is 8.48. The van der Waals surface area contributed by atoms with Crippen LogP contribution in [0.25, 0.3) is 0 Å². The van der Waals surface area contributed by atoms with Crippen LogP contribution in [0.1, 0.15) is 22.3 Å².